The van der Waals surface area contributed by atoms with E-state index in [1.807, 2.05) is 0 Å². The Morgan fingerprint density at radius 2 is 2.22 bits per heavy atom. The Balaban J connectivity index is 1.94. The highest BCUT2D eigenvalue weighted by Crippen LogP contribution is 2.62. The van der Waals surface area contributed by atoms with Gasteiger partial charge in [0.25, 0.3) is 0 Å². The first-order valence-electron chi connectivity index (χ1n) is 7.79. The summed E-state index contributed by atoms with van der Waals surface area (Å²) < 4.78 is 0. The molecule has 0 aromatic carbocycles. The normalized spacial score (nSPS) is 51.8. The standard InChI is InChI=1S/C15H28N2O/c1-2-12-9-17-6-5-15(12,18)14(10-16)8-11-3-4-13(14)7-11/h11-13,17-18H,2-10,16H2,1H3. The van der Waals surface area contributed by atoms with E-state index in [4.69, 9.17) is 5.73 Å². The molecule has 0 radical (unpaired) electrons. The van der Waals surface area contributed by atoms with Crippen molar-refractivity contribution in [3.63, 3.8) is 0 Å². The van der Waals surface area contributed by atoms with Crippen LogP contribution in [-0.2, 0) is 0 Å². The van der Waals surface area contributed by atoms with E-state index < -0.39 is 5.60 Å². The third-order valence-electron chi connectivity index (χ3n) is 6.44. The number of aliphatic hydroxyl groups is 1. The topological polar surface area (TPSA) is 58.3 Å². The van der Waals surface area contributed by atoms with Crippen LogP contribution in [0.15, 0.2) is 0 Å². The third-order valence-corrected chi connectivity index (χ3v) is 6.44. The molecule has 5 atom stereocenters. The van der Waals surface area contributed by atoms with Crippen molar-refractivity contribution in [3.05, 3.63) is 0 Å². The van der Waals surface area contributed by atoms with E-state index >= 15 is 0 Å². The van der Waals surface area contributed by atoms with Gasteiger partial charge in [-0.3, -0.25) is 0 Å². The fraction of sp³-hybridized carbons (Fsp3) is 1.00. The van der Waals surface area contributed by atoms with E-state index in [9.17, 15) is 5.11 Å². The summed E-state index contributed by atoms with van der Waals surface area (Å²) in [7, 11) is 0. The number of nitrogens with two attached hydrogens (primary N) is 1. The van der Waals surface area contributed by atoms with Gasteiger partial charge in [-0.2, -0.15) is 0 Å². The highest BCUT2D eigenvalue weighted by atomic mass is 16.3. The van der Waals surface area contributed by atoms with Crippen LogP contribution in [0.3, 0.4) is 0 Å². The van der Waals surface area contributed by atoms with Gasteiger partial charge in [0, 0.05) is 24.4 Å². The monoisotopic (exact) mass is 252 g/mol. The first-order valence-corrected chi connectivity index (χ1v) is 7.79. The van der Waals surface area contributed by atoms with Gasteiger partial charge in [-0.15, -0.1) is 0 Å². The third kappa shape index (κ3) is 1.53. The predicted octanol–water partition coefficient (Wildman–Crippen LogP) is 1.50. The Kier molecular flexibility index (Phi) is 3.20. The largest absolute Gasteiger partial charge is 0.389 e. The van der Waals surface area contributed by atoms with Gasteiger partial charge in [0.15, 0.2) is 0 Å². The van der Waals surface area contributed by atoms with Crippen LogP contribution < -0.4 is 11.1 Å². The Hall–Kier alpha value is -0.120. The van der Waals surface area contributed by atoms with E-state index in [0.29, 0.717) is 18.4 Å². The van der Waals surface area contributed by atoms with E-state index in [-0.39, 0.29) is 5.41 Å². The molecule has 3 fully saturated rings. The summed E-state index contributed by atoms with van der Waals surface area (Å²) in [5.74, 6) is 1.91. The number of nitrogens with one attached hydrogen (secondary N) is 1. The van der Waals surface area contributed by atoms with Crippen molar-refractivity contribution in [2.24, 2.45) is 28.9 Å². The molecular weight excluding hydrogens is 224 g/mol. The molecule has 1 saturated heterocycles. The van der Waals surface area contributed by atoms with Crippen molar-refractivity contribution in [2.75, 3.05) is 19.6 Å². The van der Waals surface area contributed by atoms with Crippen molar-refractivity contribution < 1.29 is 5.11 Å². The minimum atomic E-state index is -0.512. The first kappa shape index (κ1) is 12.9. The van der Waals surface area contributed by atoms with Crippen LogP contribution in [0.1, 0.15) is 45.4 Å². The molecule has 2 saturated carbocycles. The zero-order valence-corrected chi connectivity index (χ0v) is 11.6. The predicted molar refractivity (Wildman–Crippen MR) is 73.2 cm³/mol. The van der Waals surface area contributed by atoms with Crippen molar-refractivity contribution in [2.45, 2.75) is 51.0 Å². The summed E-state index contributed by atoms with van der Waals surface area (Å²) >= 11 is 0. The fourth-order valence-electron chi connectivity index (χ4n) is 5.47. The summed E-state index contributed by atoms with van der Waals surface area (Å²) in [6, 6.07) is 0. The average molecular weight is 252 g/mol. The van der Waals surface area contributed by atoms with Gasteiger partial charge in [0.05, 0.1) is 5.60 Å². The van der Waals surface area contributed by atoms with Crippen LogP contribution in [0.2, 0.25) is 0 Å². The van der Waals surface area contributed by atoms with E-state index in [1.54, 1.807) is 0 Å². The average Bonchev–Trinajstić information content (AvgIpc) is 3.00. The van der Waals surface area contributed by atoms with Crippen LogP contribution in [0.4, 0.5) is 0 Å². The lowest BCUT2D eigenvalue weighted by molar-refractivity contribution is -0.161. The lowest BCUT2D eigenvalue weighted by atomic mass is 9.55. The van der Waals surface area contributed by atoms with Gasteiger partial charge in [-0.1, -0.05) is 13.3 Å². The Labute approximate surface area is 111 Å². The van der Waals surface area contributed by atoms with Crippen LogP contribution in [-0.4, -0.2) is 30.3 Å². The fourth-order valence-corrected chi connectivity index (χ4v) is 5.47. The highest BCUT2D eigenvalue weighted by molar-refractivity contribution is 5.14. The molecule has 3 heteroatoms. The maximum absolute atomic E-state index is 11.5. The van der Waals surface area contributed by atoms with Crippen molar-refractivity contribution in [1.82, 2.24) is 5.32 Å². The molecule has 3 nitrogen and oxygen atoms in total. The molecule has 18 heavy (non-hydrogen) atoms. The molecule has 3 aliphatic rings. The smallest absolute Gasteiger partial charge is 0.0770 e. The van der Waals surface area contributed by atoms with Gasteiger partial charge in [-0.05, 0) is 50.5 Å². The Bertz CT molecular complexity index is 322. The second-order valence-electron chi connectivity index (χ2n) is 6.92. The number of fused-ring (bicyclic) bond motifs is 2. The molecule has 0 aromatic heterocycles. The van der Waals surface area contributed by atoms with Crippen molar-refractivity contribution in [1.29, 1.82) is 0 Å². The molecule has 0 amide bonds. The second kappa shape index (κ2) is 4.46. The lowest BCUT2D eigenvalue weighted by Gasteiger charge is -2.55. The second-order valence-corrected chi connectivity index (χ2v) is 6.92. The van der Waals surface area contributed by atoms with Gasteiger partial charge < -0.3 is 16.2 Å². The molecule has 2 aliphatic carbocycles. The summed E-state index contributed by atoms with van der Waals surface area (Å²) in [5, 5.41) is 14.9. The zero-order chi connectivity index (χ0) is 12.8. The molecule has 0 spiro atoms. The number of piperidine rings is 1. The summed E-state index contributed by atoms with van der Waals surface area (Å²) in [4.78, 5) is 0. The minimum Gasteiger partial charge on any atom is -0.389 e. The highest BCUT2D eigenvalue weighted by Gasteiger charge is 2.62. The summed E-state index contributed by atoms with van der Waals surface area (Å²) in [6.07, 6.45) is 7.13. The minimum absolute atomic E-state index is 0.0265. The molecule has 1 heterocycles. The molecule has 0 aromatic rings. The molecule has 1 aliphatic heterocycles. The maximum Gasteiger partial charge on any atom is 0.0770 e. The van der Waals surface area contributed by atoms with Crippen LogP contribution in [0, 0.1) is 23.2 Å². The quantitative estimate of drug-likeness (QED) is 0.713. The number of rotatable bonds is 3. The molecule has 3 rings (SSSR count). The van der Waals surface area contributed by atoms with Gasteiger partial charge in [0.2, 0.25) is 0 Å². The van der Waals surface area contributed by atoms with E-state index in [0.717, 1.165) is 31.8 Å². The van der Waals surface area contributed by atoms with E-state index in [2.05, 4.69) is 12.2 Å². The van der Waals surface area contributed by atoms with Crippen molar-refractivity contribution >= 4 is 0 Å². The number of hydrogen-bond donors (Lipinski definition) is 3. The Morgan fingerprint density at radius 3 is 2.78 bits per heavy atom. The lowest BCUT2D eigenvalue weighted by Crippen LogP contribution is -2.64. The molecule has 4 N–H and O–H groups in total. The molecule has 5 unspecified atom stereocenters. The first-order chi connectivity index (χ1) is 8.66. The molecular formula is C15H28N2O. The van der Waals surface area contributed by atoms with Crippen LogP contribution in [0.25, 0.3) is 0 Å². The van der Waals surface area contributed by atoms with Gasteiger partial charge >= 0.3 is 0 Å². The van der Waals surface area contributed by atoms with Crippen molar-refractivity contribution in [3.8, 4) is 0 Å². The van der Waals surface area contributed by atoms with Gasteiger partial charge in [0.1, 0.15) is 0 Å². The van der Waals surface area contributed by atoms with Crippen LogP contribution in [0.5, 0.6) is 0 Å². The van der Waals surface area contributed by atoms with Gasteiger partial charge in [-0.25, -0.2) is 0 Å². The number of hydrogen-bond acceptors (Lipinski definition) is 3. The molecule has 2 bridgehead atoms. The Morgan fingerprint density at radius 1 is 1.39 bits per heavy atom. The zero-order valence-electron chi connectivity index (χ0n) is 11.6. The summed E-state index contributed by atoms with van der Waals surface area (Å²) in [5.41, 5.74) is 5.72. The summed E-state index contributed by atoms with van der Waals surface area (Å²) in [6.45, 7) is 4.81. The van der Waals surface area contributed by atoms with E-state index in [1.165, 1.54) is 25.7 Å². The van der Waals surface area contributed by atoms with Crippen LogP contribution >= 0.6 is 0 Å². The SMILES string of the molecule is CCC1CNCCC1(O)C1(CN)CC2CCC1C2. The maximum atomic E-state index is 11.5. The molecule has 104 valence electrons.